The van der Waals surface area contributed by atoms with Crippen LogP contribution in [0.3, 0.4) is 0 Å². The van der Waals surface area contributed by atoms with Crippen LogP contribution in [0.25, 0.3) is 0 Å². The molecule has 6 heteroatoms. The van der Waals surface area contributed by atoms with Gasteiger partial charge in [-0.2, -0.15) is 0 Å². The molecule has 1 aromatic rings. The Hall–Kier alpha value is -1.40. The zero-order chi connectivity index (χ0) is 16.9. The minimum Gasteiger partial charge on any atom is -0.352 e. The molecule has 1 saturated heterocycles. The van der Waals surface area contributed by atoms with E-state index in [2.05, 4.69) is 10.6 Å². The summed E-state index contributed by atoms with van der Waals surface area (Å²) in [5.74, 6) is 0.477. The molecule has 0 aromatic heterocycles. The Balaban J connectivity index is 1.87. The summed E-state index contributed by atoms with van der Waals surface area (Å²) in [6.07, 6.45) is 3.38. The quantitative estimate of drug-likeness (QED) is 0.832. The minimum atomic E-state index is -3.29. The van der Waals surface area contributed by atoms with Crippen LogP contribution in [-0.2, 0) is 9.84 Å². The first-order chi connectivity index (χ1) is 10.9. The molecule has 1 amide bonds. The molecule has 0 aliphatic carbocycles. The second-order valence-electron chi connectivity index (χ2n) is 6.38. The van der Waals surface area contributed by atoms with E-state index in [4.69, 9.17) is 0 Å². The summed E-state index contributed by atoms with van der Waals surface area (Å²) >= 11 is 0. The maximum atomic E-state index is 12.1. The molecule has 1 aromatic carbocycles. The molecular weight excluding hydrogens is 312 g/mol. The summed E-state index contributed by atoms with van der Waals surface area (Å²) in [6, 6.07) is 6.17. The molecule has 1 unspecified atom stereocenters. The van der Waals surface area contributed by atoms with E-state index < -0.39 is 15.1 Å². The number of piperidine rings is 1. The molecular formula is C17H26N2O3S. The number of rotatable bonds is 6. The molecule has 5 nitrogen and oxygen atoms in total. The van der Waals surface area contributed by atoms with Gasteiger partial charge in [-0.05, 0) is 76.4 Å². The summed E-state index contributed by atoms with van der Waals surface area (Å²) in [5.41, 5.74) is 0.495. The largest absolute Gasteiger partial charge is 0.352 e. The molecule has 1 heterocycles. The number of nitrogens with one attached hydrogen (secondary N) is 2. The van der Waals surface area contributed by atoms with E-state index in [0.717, 1.165) is 19.5 Å². The van der Waals surface area contributed by atoms with E-state index in [1.54, 1.807) is 26.0 Å². The van der Waals surface area contributed by atoms with Gasteiger partial charge in [-0.15, -0.1) is 0 Å². The number of carbonyl (C=O) groups is 1. The number of hydrogen-bond acceptors (Lipinski definition) is 4. The van der Waals surface area contributed by atoms with Crippen molar-refractivity contribution in [3.8, 4) is 0 Å². The highest BCUT2D eigenvalue weighted by Crippen LogP contribution is 2.17. The van der Waals surface area contributed by atoms with Crippen molar-refractivity contribution in [2.45, 2.75) is 43.3 Å². The molecule has 1 fully saturated rings. The Bertz CT molecular complexity index is 618. The molecule has 0 radical (unpaired) electrons. The maximum Gasteiger partial charge on any atom is 0.251 e. The zero-order valence-corrected chi connectivity index (χ0v) is 14.7. The van der Waals surface area contributed by atoms with Crippen molar-refractivity contribution in [1.82, 2.24) is 10.6 Å². The second-order valence-corrected chi connectivity index (χ2v) is 8.88. The van der Waals surface area contributed by atoms with Crippen molar-refractivity contribution >= 4 is 15.7 Å². The van der Waals surface area contributed by atoms with Crippen LogP contribution in [0.5, 0.6) is 0 Å². The first kappa shape index (κ1) is 17.9. The molecule has 1 atom stereocenters. The first-order valence-electron chi connectivity index (χ1n) is 8.24. The monoisotopic (exact) mass is 338 g/mol. The summed E-state index contributed by atoms with van der Waals surface area (Å²) in [5, 5.41) is 5.81. The molecule has 0 bridgehead atoms. The number of hydrogen-bond donors (Lipinski definition) is 2. The molecule has 0 saturated carbocycles. The van der Waals surface area contributed by atoms with Gasteiger partial charge in [0.05, 0.1) is 10.1 Å². The Morgan fingerprint density at radius 1 is 1.30 bits per heavy atom. The first-order valence-corrected chi connectivity index (χ1v) is 9.79. The maximum absolute atomic E-state index is 12.1. The Morgan fingerprint density at radius 3 is 2.57 bits per heavy atom. The van der Waals surface area contributed by atoms with Gasteiger partial charge < -0.3 is 10.6 Å². The Kier molecular flexibility index (Phi) is 6.18. The summed E-state index contributed by atoms with van der Waals surface area (Å²) < 4.78 is 24.1. The van der Waals surface area contributed by atoms with Crippen LogP contribution >= 0.6 is 0 Å². The van der Waals surface area contributed by atoms with E-state index >= 15 is 0 Å². The molecule has 0 spiro atoms. The zero-order valence-electron chi connectivity index (χ0n) is 13.8. The molecule has 2 N–H and O–H groups in total. The predicted molar refractivity (Wildman–Crippen MR) is 91.3 cm³/mol. The highest BCUT2D eigenvalue weighted by molar-refractivity contribution is 7.92. The van der Waals surface area contributed by atoms with Gasteiger partial charge in [-0.25, -0.2) is 8.42 Å². The topological polar surface area (TPSA) is 75.3 Å². The van der Waals surface area contributed by atoms with E-state index in [1.165, 1.54) is 25.0 Å². The van der Waals surface area contributed by atoms with E-state index in [1.807, 2.05) is 0 Å². The lowest BCUT2D eigenvalue weighted by Gasteiger charge is -2.22. The van der Waals surface area contributed by atoms with Crippen molar-refractivity contribution in [3.63, 3.8) is 0 Å². The van der Waals surface area contributed by atoms with Crippen molar-refractivity contribution in [2.75, 3.05) is 19.6 Å². The van der Waals surface area contributed by atoms with Crippen LogP contribution < -0.4 is 10.6 Å². The number of sulfone groups is 1. The fourth-order valence-corrected chi connectivity index (χ4v) is 3.79. The standard InChI is InChI=1S/C17H26N2O3S/c1-13(2)23(21,22)16-7-5-15(6-8-16)17(20)19-11-9-14-4-3-10-18-12-14/h5-8,13-14,18H,3-4,9-12H2,1-2H3,(H,19,20). The molecule has 23 heavy (non-hydrogen) atoms. The van der Waals surface area contributed by atoms with Crippen molar-refractivity contribution < 1.29 is 13.2 Å². The van der Waals surface area contributed by atoms with Crippen LogP contribution in [0.2, 0.25) is 0 Å². The predicted octanol–water partition coefficient (Wildman–Crippen LogP) is 1.99. The lowest BCUT2D eigenvalue weighted by molar-refractivity contribution is 0.0950. The fourth-order valence-electron chi connectivity index (χ4n) is 2.73. The van der Waals surface area contributed by atoms with Gasteiger partial charge in [-0.1, -0.05) is 0 Å². The van der Waals surface area contributed by atoms with Crippen LogP contribution in [0.1, 0.15) is 43.5 Å². The Labute approximate surface area is 138 Å². The van der Waals surface area contributed by atoms with Crippen LogP contribution in [0, 0.1) is 5.92 Å². The number of carbonyl (C=O) groups excluding carboxylic acids is 1. The second kappa shape index (κ2) is 7.93. The summed E-state index contributed by atoms with van der Waals surface area (Å²) in [6.45, 7) is 6.06. The highest BCUT2D eigenvalue weighted by atomic mass is 32.2. The lowest BCUT2D eigenvalue weighted by Crippen LogP contribution is -2.33. The smallest absolute Gasteiger partial charge is 0.251 e. The van der Waals surface area contributed by atoms with Gasteiger partial charge in [0.2, 0.25) is 0 Å². The van der Waals surface area contributed by atoms with E-state index in [-0.39, 0.29) is 10.8 Å². The Morgan fingerprint density at radius 2 is 2.00 bits per heavy atom. The average molecular weight is 338 g/mol. The van der Waals surface area contributed by atoms with Gasteiger partial charge in [0.25, 0.3) is 5.91 Å². The van der Waals surface area contributed by atoms with Crippen LogP contribution in [-0.4, -0.2) is 39.2 Å². The summed E-state index contributed by atoms with van der Waals surface area (Å²) in [4.78, 5) is 12.4. The van der Waals surface area contributed by atoms with Crippen molar-refractivity contribution in [2.24, 2.45) is 5.92 Å². The third kappa shape index (κ3) is 4.78. The minimum absolute atomic E-state index is 0.151. The van der Waals surface area contributed by atoms with Crippen LogP contribution in [0.15, 0.2) is 29.2 Å². The van der Waals surface area contributed by atoms with Gasteiger partial charge in [0.15, 0.2) is 9.84 Å². The van der Waals surface area contributed by atoms with Crippen LogP contribution in [0.4, 0.5) is 0 Å². The third-order valence-electron chi connectivity index (χ3n) is 4.30. The van der Waals surface area contributed by atoms with Crippen molar-refractivity contribution in [1.29, 1.82) is 0 Å². The van der Waals surface area contributed by atoms with E-state index in [0.29, 0.717) is 18.0 Å². The van der Waals surface area contributed by atoms with Gasteiger partial charge in [0, 0.05) is 12.1 Å². The van der Waals surface area contributed by atoms with E-state index in [9.17, 15) is 13.2 Å². The number of benzene rings is 1. The number of amides is 1. The lowest BCUT2D eigenvalue weighted by atomic mass is 9.96. The summed E-state index contributed by atoms with van der Waals surface area (Å²) in [7, 11) is -3.29. The molecule has 2 rings (SSSR count). The fraction of sp³-hybridized carbons (Fsp3) is 0.588. The SMILES string of the molecule is CC(C)S(=O)(=O)c1ccc(C(=O)NCCC2CCCNC2)cc1. The van der Waals surface area contributed by atoms with Crippen molar-refractivity contribution in [3.05, 3.63) is 29.8 Å². The van der Waals surface area contributed by atoms with Gasteiger partial charge in [0.1, 0.15) is 0 Å². The molecule has 1 aliphatic rings. The normalized spacial score (nSPS) is 18.8. The van der Waals surface area contributed by atoms with Gasteiger partial charge in [-0.3, -0.25) is 4.79 Å². The molecule has 128 valence electrons. The molecule has 1 aliphatic heterocycles. The third-order valence-corrected chi connectivity index (χ3v) is 6.47. The highest BCUT2D eigenvalue weighted by Gasteiger charge is 2.19. The van der Waals surface area contributed by atoms with Gasteiger partial charge >= 0.3 is 0 Å². The average Bonchev–Trinajstić information content (AvgIpc) is 2.55.